The molecule has 3 heterocycles. The van der Waals surface area contributed by atoms with Gasteiger partial charge in [-0.25, -0.2) is 4.98 Å². The number of thiazole rings is 1. The minimum absolute atomic E-state index is 0.0644. The lowest BCUT2D eigenvalue weighted by Gasteiger charge is -2.10. The number of rotatable bonds is 8. The predicted molar refractivity (Wildman–Crippen MR) is 122 cm³/mol. The van der Waals surface area contributed by atoms with Crippen LogP contribution in [0.1, 0.15) is 29.3 Å². The van der Waals surface area contributed by atoms with Gasteiger partial charge in [-0.15, -0.1) is 22.7 Å². The van der Waals surface area contributed by atoms with Crippen molar-refractivity contribution in [1.82, 2.24) is 15.1 Å². The first-order chi connectivity index (χ1) is 14.6. The van der Waals surface area contributed by atoms with Crippen LogP contribution in [0.25, 0.3) is 10.6 Å². The highest BCUT2D eigenvalue weighted by atomic mass is 32.2. The molecule has 6 nitrogen and oxygen atoms in total. The number of thioether (sulfide) groups is 1. The molecule has 1 amide bonds. The van der Waals surface area contributed by atoms with Crippen LogP contribution in [0.4, 0.5) is 5.69 Å². The third kappa shape index (κ3) is 5.16. The largest absolute Gasteiger partial charge is 0.339 e. The molecule has 0 saturated carbocycles. The second-order valence-corrected chi connectivity index (χ2v) is 9.71. The molecule has 0 saturated heterocycles. The Balaban J connectivity index is 1.27. The highest BCUT2D eigenvalue weighted by Gasteiger charge is 2.13. The summed E-state index contributed by atoms with van der Waals surface area (Å²) in [6.07, 6.45) is 0.702. The van der Waals surface area contributed by atoms with Gasteiger partial charge in [0.1, 0.15) is 0 Å². The van der Waals surface area contributed by atoms with Gasteiger partial charge in [0, 0.05) is 23.9 Å². The van der Waals surface area contributed by atoms with E-state index >= 15 is 0 Å². The normalized spacial score (nSPS) is 11.0. The number of nitrogens with zero attached hydrogens (tertiary/aromatic N) is 3. The molecule has 30 heavy (non-hydrogen) atoms. The zero-order valence-electron chi connectivity index (χ0n) is 16.5. The predicted octanol–water partition coefficient (Wildman–Crippen LogP) is 5.74. The standard InChI is InChI=1S/C21H20N4O2S3/c1-13-5-3-6-14(2)20(13)24-18(26)8-9-19-23-17(25-27-19)12-30-21-22-15(11-29-21)16-7-4-10-28-16/h3-7,10-11H,8-9,12H2,1-2H3,(H,24,26). The van der Waals surface area contributed by atoms with Gasteiger partial charge >= 0.3 is 0 Å². The highest BCUT2D eigenvalue weighted by Crippen LogP contribution is 2.31. The fourth-order valence-electron chi connectivity index (χ4n) is 2.87. The van der Waals surface area contributed by atoms with Crippen molar-refractivity contribution >= 4 is 46.0 Å². The molecule has 3 aromatic heterocycles. The summed E-state index contributed by atoms with van der Waals surface area (Å²) >= 11 is 4.87. The van der Waals surface area contributed by atoms with E-state index in [-0.39, 0.29) is 5.91 Å². The second kappa shape index (κ2) is 9.55. The molecule has 0 atom stereocenters. The molecule has 0 bridgehead atoms. The van der Waals surface area contributed by atoms with Gasteiger partial charge in [-0.3, -0.25) is 4.79 Å². The van der Waals surface area contributed by atoms with Crippen molar-refractivity contribution in [3.63, 3.8) is 0 Å². The zero-order valence-corrected chi connectivity index (χ0v) is 19.0. The maximum Gasteiger partial charge on any atom is 0.227 e. The number of nitrogens with one attached hydrogen (secondary N) is 1. The number of para-hydroxylation sites is 1. The summed E-state index contributed by atoms with van der Waals surface area (Å²) < 4.78 is 6.27. The van der Waals surface area contributed by atoms with Gasteiger partial charge in [-0.2, -0.15) is 4.98 Å². The van der Waals surface area contributed by atoms with Gasteiger partial charge in [0.25, 0.3) is 0 Å². The van der Waals surface area contributed by atoms with Crippen LogP contribution in [0, 0.1) is 13.8 Å². The van der Waals surface area contributed by atoms with Gasteiger partial charge in [-0.1, -0.05) is 41.2 Å². The summed E-state index contributed by atoms with van der Waals surface area (Å²) in [5, 5.41) is 11.1. The van der Waals surface area contributed by atoms with Crippen LogP contribution in [0.15, 0.2) is 50.0 Å². The van der Waals surface area contributed by atoms with Gasteiger partial charge < -0.3 is 9.84 Å². The average Bonchev–Trinajstić information content (AvgIpc) is 3.49. The van der Waals surface area contributed by atoms with Crippen LogP contribution in [-0.4, -0.2) is 21.0 Å². The first-order valence-electron chi connectivity index (χ1n) is 9.38. The van der Waals surface area contributed by atoms with Crippen molar-refractivity contribution in [3.8, 4) is 10.6 Å². The zero-order chi connectivity index (χ0) is 20.9. The quantitative estimate of drug-likeness (QED) is 0.341. The molecule has 4 rings (SSSR count). The third-order valence-electron chi connectivity index (χ3n) is 4.40. The van der Waals surface area contributed by atoms with Crippen LogP contribution in [0.2, 0.25) is 0 Å². The fraction of sp³-hybridized carbons (Fsp3) is 0.238. The van der Waals surface area contributed by atoms with E-state index in [0.717, 1.165) is 26.8 Å². The van der Waals surface area contributed by atoms with Gasteiger partial charge in [0.2, 0.25) is 11.8 Å². The Morgan fingerprint density at radius 1 is 1.13 bits per heavy atom. The van der Waals surface area contributed by atoms with E-state index in [1.165, 1.54) is 4.88 Å². The number of hydrogen-bond acceptors (Lipinski definition) is 8. The van der Waals surface area contributed by atoms with Gasteiger partial charge in [-0.05, 0) is 36.4 Å². The first-order valence-corrected chi connectivity index (χ1v) is 12.1. The monoisotopic (exact) mass is 456 g/mol. The maximum atomic E-state index is 12.3. The molecular weight excluding hydrogens is 436 g/mol. The second-order valence-electron chi connectivity index (χ2n) is 6.68. The lowest BCUT2D eigenvalue weighted by molar-refractivity contribution is -0.116. The number of aryl methyl sites for hydroxylation is 3. The molecule has 0 unspecified atom stereocenters. The molecule has 1 N–H and O–H groups in total. The summed E-state index contributed by atoms with van der Waals surface area (Å²) in [6, 6.07) is 10.0. The number of aromatic nitrogens is 3. The van der Waals surface area contributed by atoms with Crippen molar-refractivity contribution in [1.29, 1.82) is 0 Å². The molecule has 0 aliphatic rings. The van der Waals surface area contributed by atoms with Gasteiger partial charge in [0.15, 0.2) is 10.2 Å². The molecule has 9 heteroatoms. The number of carbonyl (C=O) groups excluding carboxylic acids is 1. The van der Waals surface area contributed by atoms with Crippen LogP contribution in [-0.2, 0) is 17.0 Å². The van der Waals surface area contributed by atoms with E-state index in [4.69, 9.17) is 4.52 Å². The summed E-state index contributed by atoms with van der Waals surface area (Å²) in [5.41, 5.74) is 3.96. The molecule has 1 aromatic carbocycles. The lowest BCUT2D eigenvalue weighted by atomic mass is 10.1. The Bertz CT molecular complexity index is 1110. The molecule has 154 valence electrons. The number of thiophene rings is 1. The number of amides is 1. The van der Waals surface area contributed by atoms with Gasteiger partial charge in [0.05, 0.1) is 16.3 Å². The molecular formula is C21H20N4O2S3. The topological polar surface area (TPSA) is 80.9 Å². The van der Waals surface area contributed by atoms with Crippen molar-refractivity contribution in [3.05, 3.63) is 63.9 Å². The Hall–Kier alpha value is -2.49. The first kappa shape index (κ1) is 20.8. The number of anilines is 1. The van der Waals surface area contributed by atoms with E-state index in [2.05, 4.69) is 31.9 Å². The van der Waals surface area contributed by atoms with E-state index < -0.39 is 0 Å². The van der Waals surface area contributed by atoms with Crippen molar-refractivity contribution in [2.24, 2.45) is 0 Å². The molecule has 0 aliphatic heterocycles. The number of benzene rings is 1. The van der Waals surface area contributed by atoms with Crippen LogP contribution in [0.3, 0.4) is 0 Å². The molecule has 0 aliphatic carbocycles. The molecule has 0 fully saturated rings. The Kier molecular flexibility index (Phi) is 6.61. The summed E-state index contributed by atoms with van der Waals surface area (Å²) in [7, 11) is 0. The minimum atomic E-state index is -0.0644. The van der Waals surface area contributed by atoms with Crippen molar-refractivity contribution in [2.45, 2.75) is 36.8 Å². The Morgan fingerprint density at radius 2 is 1.97 bits per heavy atom. The number of carbonyl (C=O) groups is 1. The van der Waals surface area contributed by atoms with E-state index in [1.54, 1.807) is 34.4 Å². The Morgan fingerprint density at radius 3 is 2.73 bits per heavy atom. The molecule has 4 aromatic rings. The summed E-state index contributed by atoms with van der Waals surface area (Å²) in [6.45, 7) is 3.97. The van der Waals surface area contributed by atoms with Crippen molar-refractivity contribution in [2.75, 3.05) is 5.32 Å². The summed E-state index contributed by atoms with van der Waals surface area (Å²) in [5.74, 6) is 1.60. The maximum absolute atomic E-state index is 12.3. The lowest BCUT2D eigenvalue weighted by Crippen LogP contribution is -2.14. The smallest absolute Gasteiger partial charge is 0.227 e. The number of hydrogen-bond donors (Lipinski definition) is 1. The Labute approximate surface area is 186 Å². The SMILES string of the molecule is Cc1cccc(C)c1NC(=O)CCc1nc(CSc2nc(-c3cccs3)cs2)no1. The van der Waals surface area contributed by atoms with Crippen molar-refractivity contribution < 1.29 is 9.32 Å². The third-order valence-corrected chi connectivity index (χ3v) is 7.31. The highest BCUT2D eigenvalue weighted by molar-refractivity contribution is 8.00. The average molecular weight is 457 g/mol. The van der Waals surface area contributed by atoms with E-state index in [1.807, 2.05) is 43.5 Å². The van der Waals surface area contributed by atoms with E-state index in [0.29, 0.717) is 30.3 Å². The minimum Gasteiger partial charge on any atom is -0.339 e. The summed E-state index contributed by atoms with van der Waals surface area (Å²) in [4.78, 5) is 22.5. The van der Waals surface area contributed by atoms with E-state index in [9.17, 15) is 4.79 Å². The molecule has 0 radical (unpaired) electrons. The van der Waals surface area contributed by atoms with Crippen LogP contribution >= 0.6 is 34.4 Å². The fourth-order valence-corrected chi connectivity index (χ4v) is 5.30. The van der Waals surface area contributed by atoms with Crippen LogP contribution < -0.4 is 5.32 Å². The van der Waals surface area contributed by atoms with Crippen LogP contribution in [0.5, 0.6) is 0 Å². The molecule has 0 spiro atoms.